The summed E-state index contributed by atoms with van der Waals surface area (Å²) in [7, 11) is 0. The summed E-state index contributed by atoms with van der Waals surface area (Å²) in [6.07, 6.45) is 3.64. The summed E-state index contributed by atoms with van der Waals surface area (Å²) in [5.41, 5.74) is 5.28. The molecule has 1 heteroatoms. The van der Waals surface area contributed by atoms with E-state index in [0.29, 0.717) is 0 Å². The van der Waals surface area contributed by atoms with E-state index in [2.05, 4.69) is 32.0 Å². The molecule has 0 radical (unpaired) electrons. The molecule has 1 aliphatic rings. The van der Waals surface area contributed by atoms with Crippen LogP contribution in [0.4, 0.5) is 0 Å². The molecular weight excluding hydrogens is 172 g/mol. The molecule has 1 aromatic carbocycles. The van der Waals surface area contributed by atoms with Crippen LogP contribution in [0.25, 0.3) is 5.57 Å². The molecule has 0 saturated carbocycles. The van der Waals surface area contributed by atoms with Crippen LogP contribution in [0.3, 0.4) is 0 Å². The Labute approximate surface area is 85.1 Å². The highest BCUT2D eigenvalue weighted by molar-refractivity contribution is 5.71. The Kier molecular flexibility index (Phi) is 2.42. The van der Waals surface area contributed by atoms with Gasteiger partial charge in [0.15, 0.2) is 0 Å². The molecule has 2 rings (SSSR count). The van der Waals surface area contributed by atoms with Gasteiger partial charge in [0.25, 0.3) is 0 Å². The number of benzene rings is 1. The summed E-state index contributed by atoms with van der Waals surface area (Å²) in [4.78, 5) is 0. The number of aliphatic hydroxyl groups is 1. The van der Waals surface area contributed by atoms with E-state index < -0.39 is 0 Å². The first kappa shape index (κ1) is 9.47. The quantitative estimate of drug-likeness (QED) is 0.718. The lowest BCUT2D eigenvalue weighted by molar-refractivity contribution is 0.223. The second-order valence-corrected chi connectivity index (χ2v) is 4.05. The number of hydrogen-bond acceptors (Lipinski definition) is 1. The Morgan fingerprint density at radius 3 is 2.71 bits per heavy atom. The van der Waals surface area contributed by atoms with Crippen molar-refractivity contribution in [3.8, 4) is 0 Å². The summed E-state index contributed by atoms with van der Waals surface area (Å²) in [5, 5.41) is 9.44. The molecule has 0 amide bonds. The van der Waals surface area contributed by atoms with E-state index in [9.17, 15) is 5.11 Å². The van der Waals surface area contributed by atoms with E-state index in [1.54, 1.807) is 0 Å². The molecule has 0 heterocycles. The van der Waals surface area contributed by atoms with Crippen LogP contribution in [0.15, 0.2) is 24.3 Å². The zero-order valence-corrected chi connectivity index (χ0v) is 8.75. The van der Waals surface area contributed by atoms with Gasteiger partial charge in [-0.3, -0.25) is 0 Å². The maximum Gasteiger partial charge on any atom is 0.0730 e. The fraction of sp³-hybridized carbons (Fsp3) is 0.385. The van der Waals surface area contributed by atoms with E-state index in [1.807, 2.05) is 6.08 Å². The van der Waals surface area contributed by atoms with Crippen LogP contribution in [0.1, 0.15) is 29.5 Å². The van der Waals surface area contributed by atoms with E-state index >= 15 is 0 Å². The van der Waals surface area contributed by atoms with Gasteiger partial charge in [-0.2, -0.15) is 0 Å². The zero-order chi connectivity index (χ0) is 10.1. The predicted octanol–water partition coefficient (Wildman–Crippen LogP) is 2.84. The first-order chi connectivity index (χ1) is 6.68. The summed E-state index contributed by atoms with van der Waals surface area (Å²) in [5.74, 6) is 0. The van der Waals surface area contributed by atoms with Gasteiger partial charge in [-0.15, -0.1) is 0 Å². The van der Waals surface area contributed by atoms with Gasteiger partial charge in [0.1, 0.15) is 0 Å². The molecule has 1 aromatic rings. The molecule has 0 spiro atoms. The molecule has 0 fully saturated rings. The highest BCUT2D eigenvalue weighted by Gasteiger charge is 2.15. The van der Waals surface area contributed by atoms with E-state index in [0.717, 1.165) is 12.8 Å². The summed E-state index contributed by atoms with van der Waals surface area (Å²) < 4.78 is 0. The molecule has 1 atom stereocenters. The largest absolute Gasteiger partial charge is 0.389 e. The highest BCUT2D eigenvalue weighted by atomic mass is 16.3. The van der Waals surface area contributed by atoms with Crippen molar-refractivity contribution in [3.05, 3.63) is 41.0 Å². The molecule has 0 aliphatic heterocycles. The molecule has 1 unspecified atom stereocenters. The average molecular weight is 188 g/mol. The maximum absolute atomic E-state index is 9.44. The van der Waals surface area contributed by atoms with Crippen molar-refractivity contribution < 1.29 is 5.11 Å². The standard InChI is InChI=1S/C13H16O/c1-9-4-3-5-13(10(9)2)11-6-7-12(14)8-11/h3-5,8,12,14H,6-7H2,1-2H3. The third-order valence-electron chi connectivity index (χ3n) is 3.05. The van der Waals surface area contributed by atoms with Crippen molar-refractivity contribution in [3.63, 3.8) is 0 Å². The number of hydrogen-bond donors (Lipinski definition) is 1. The van der Waals surface area contributed by atoms with Crippen LogP contribution in [-0.4, -0.2) is 11.2 Å². The monoisotopic (exact) mass is 188 g/mol. The fourth-order valence-electron chi connectivity index (χ4n) is 2.03. The first-order valence-electron chi connectivity index (χ1n) is 5.14. The second kappa shape index (κ2) is 3.58. The molecule has 0 bridgehead atoms. The van der Waals surface area contributed by atoms with Crippen molar-refractivity contribution in [2.45, 2.75) is 32.8 Å². The van der Waals surface area contributed by atoms with Crippen molar-refractivity contribution >= 4 is 5.57 Å². The second-order valence-electron chi connectivity index (χ2n) is 4.05. The summed E-state index contributed by atoms with van der Waals surface area (Å²) in [6.45, 7) is 4.28. The molecule has 1 aliphatic carbocycles. The molecular formula is C13H16O. The van der Waals surface area contributed by atoms with Crippen LogP contribution < -0.4 is 0 Å². The van der Waals surface area contributed by atoms with Gasteiger partial charge in [0.2, 0.25) is 0 Å². The Hall–Kier alpha value is -1.08. The van der Waals surface area contributed by atoms with Crippen LogP contribution in [-0.2, 0) is 0 Å². The van der Waals surface area contributed by atoms with Crippen molar-refractivity contribution in [2.24, 2.45) is 0 Å². The van der Waals surface area contributed by atoms with Crippen LogP contribution >= 0.6 is 0 Å². The minimum atomic E-state index is -0.232. The zero-order valence-electron chi connectivity index (χ0n) is 8.75. The van der Waals surface area contributed by atoms with Gasteiger partial charge >= 0.3 is 0 Å². The summed E-state index contributed by atoms with van der Waals surface area (Å²) >= 11 is 0. The average Bonchev–Trinajstić information content (AvgIpc) is 2.57. The van der Waals surface area contributed by atoms with Crippen LogP contribution in [0.2, 0.25) is 0 Å². The van der Waals surface area contributed by atoms with Crippen molar-refractivity contribution in [1.29, 1.82) is 0 Å². The molecule has 74 valence electrons. The van der Waals surface area contributed by atoms with Crippen molar-refractivity contribution in [2.75, 3.05) is 0 Å². The molecule has 1 N–H and O–H groups in total. The van der Waals surface area contributed by atoms with Crippen LogP contribution in [0.5, 0.6) is 0 Å². The van der Waals surface area contributed by atoms with Crippen LogP contribution in [0, 0.1) is 13.8 Å². The minimum Gasteiger partial charge on any atom is -0.389 e. The molecule has 14 heavy (non-hydrogen) atoms. The van der Waals surface area contributed by atoms with E-state index in [-0.39, 0.29) is 6.10 Å². The highest BCUT2D eigenvalue weighted by Crippen LogP contribution is 2.30. The van der Waals surface area contributed by atoms with Gasteiger partial charge in [-0.25, -0.2) is 0 Å². The Balaban J connectivity index is 2.42. The predicted molar refractivity (Wildman–Crippen MR) is 59.1 cm³/mol. The third-order valence-corrected chi connectivity index (χ3v) is 3.05. The van der Waals surface area contributed by atoms with Gasteiger partial charge in [0.05, 0.1) is 6.10 Å². The topological polar surface area (TPSA) is 20.2 Å². The molecule has 1 nitrogen and oxygen atoms in total. The number of rotatable bonds is 1. The Bertz CT molecular complexity index is 377. The summed E-state index contributed by atoms with van der Waals surface area (Å²) in [6, 6.07) is 6.36. The lowest BCUT2D eigenvalue weighted by atomic mass is 9.97. The number of aryl methyl sites for hydroxylation is 1. The lowest BCUT2D eigenvalue weighted by Gasteiger charge is -2.08. The smallest absolute Gasteiger partial charge is 0.0730 e. The SMILES string of the molecule is Cc1cccc(C2=CC(O)CC2)c1C. The lowest BCUT2D eigenvalue weighted by Crippen LogP contribution is -1.93. The molecule has 0 aromatic heterocycles. The minimum absolute atomic E-state index is 0.232. The first-order valence-corrected chi connectivity index (χ1v) is 5.14. The number of aliphatic hydroxyl groups excluding tert-OH is 1. The van der Waals surface area contributed by atoms with Gasteiger partial charge in [0, 0.05) is 0 Å². The Morgan fingerprint density at radius 1 is 1.29 bits per heavy atom. The van der Waals surface area contributed by atoms with Gasteiger partial charge < -0.3 is 5.11 Å². The maximum atomic E-state index is 9.44. The molecule has 0 saturated heterocycles. The van der Waals surface area contributed by atoms with Crippen molar-refractivity contribution in [1.82, 2.24) is 0 Å². The number of allylic oxidation sites excluding steroid dienone is 1. The third kappa shape index (κ3) is 1.60. The van der Waals surface area contributed by atoms with E-state index in [4.69, 9.17) is 0 Å². The fourth-order valence-corrected chi connectivity index (χ4v) is 2.03. The van der Waals surface area contributed by atoms with E-state index in [1.165, 1.54) is 22.3 Å². The normalized spacial score (nSPS) is 21.1. The van der Waals surface area contributed by atoms with Gasteiger partial charge in [-0.05, 0) is 49.0 Å². The van der Waals surface area contributed by atoms with Gasteiger partial charge in [-0.1, -0.05) is 24.3 Å². The Morgan fingerprint density at radius 2 is 2.07 bits per heavy atom.